The second-order valence-electron chi connectivity index (χ2n) is 4.94. The van der Waals surface area contributed by atoms with Crippen molar-refractivity contribution < 1.29 is 14.8 Å². The van der Waals surface area contributed by atoms with Gasteiger partial charge in [0.2, 0.25) is 0 Å². The monoisotopic (exact) mass is 251 g/mol. The normalized spacial score (nSPS) is 14.2. The van der Waals surface area contributed by atoms with Crippen LogP contribution >= 0.6 is 0 Å². The SMILES string of the molecule is CC(C)C(C)(Cc1ccccc1[N+](=O)[O-])C(=O)O. The van der Waals surface area contributed by atoms with E-state index in [2.05, 4.69) is 0 Å². The van der Waals surface area contributed by atoms with E-state index in [0.717, 1.165) is 0 Å². The maximum atomic E-state index is 11.4. The molecule has 1 aromatic carbocycles. The van der Waals surface area contributed by atoms with Crippen molar-refractivity contribution in [3.05, 3.63) is 39.9 Å². The van der Waals surface area contributed by atoms with E-state index in [1.807, 2.05) is 13.8 Å². The van der Waals surface area contributed by atoms with Crippen LogP contribution in [0, 0.1) is 21.4 Å². The van der Waals surface area contributed by atoms with E-state index in [0.29, 0.717) is 5.56 Å². The molecule has 5 heteroatoms. The molecule has 0 fully saturated rings. The molecule has 0 spiro atoms. The number of hydrogen-bond acceptors (Lipinski definition) is 3. The Morgan fingerprint density at radius 2 is 2.00 bits per heavy atom. The minimum atomic E-state index is -1.01. The number of nitro benzene ring substituents is 1. The third kappa shape index (κ3) is 2.67. The first-order valence-corrected chi connectivity index (χ1v) is 5.74. The topological polar surface area (TPSA) is 80.4 Å². The molecule has 0 saturated heterocycles. The number of carboxylic acid groups (broad SMARTS) is 1. The van der Waals surface area contributed by atoms with Crippen LogP contribution in [0.25, 0.3) is 0 Å². The molecular weight excluding hydrogens is 234 g/mol. The molecule has 1 N–H and O–H groups in total. The van der Waals surface area contributed by atoms with Crippen molar-refractivity contribution in [1.82, 2.24) is 0 Å². The number of carboxylic acids is 1. The summed E-state index contributed by atoms with van der Waals surface area (Å²) in [6.07, 6.45) is 0.150. The lowest BCUT2D eigenvalue weighted by molar-refractivity contribution is -0.385. The van der Waals surface area contributed by atoms with Gasteiger partial charge < -0.3 is 5.11 Å². The molecule has 0 aliphatic heterocycles. The summed E-state index contributed by atoms with van der Waals surface area (Å²) in [5.41, 5.74) is -0.571. The van der Waals surface area contributed by atoms with Crippen LogP contribution in [0.5, 0.6) is 0 Å². The molecular formula is C13H17NO4. The van der Waals surface area contributed by atoms with Crippen LogP contribution in [0.1, 0.15) is 26.3 Å². The Kier molecular flexibility index (Phi) is 4.06. The summed E-state index contributed by atoms with van der Waals surface area (Å²) in [5.74, 6) is -1.05. The maximum absolute atomic E-state index is 11.4. The van der Waals surface area contributed by atoms with Crippen LogP contribution in [0.2, 0.25) is 0 Å². The summed E-state index contributed by atoms with van der Waals surface area (Å²) in [5, 5.41) is 20.2. The van der Waals surface area contributed by atoms with Crippen LogP contribution in [0.3, 0.4) is 0 Å². The number of rotatable bonds is 5. The highest BCUT2D eigenvalue weighted by Crippen LogP contribution is 2.34. The Bertz CT molecular complexity index is 470. The summed E-state index contributed by atoms with van der Waals surface area (Å²) < 4.78 is 0. The summed E-state index contributed by atoms with van der Waals surface area (Å²) >= 11 is 0. The van der Waals surface area contributed by atoms with E-state index in [-0.39, 0.29) is 18.0 Å². The van der Waals surface area contributed by atoms with Crippen molar-refractivity contribution in [2.45, 2.75) is 27.2 Å². The van der Waals surface area contributed by atoms with Gasteiger partial charge in [-0.05, 0) is 19.3 Å². The smallest absolute Gasteiger partial charge is 0.309 e. The molecule has 0 bridgehead atoms. The van der Waals surface area contributed by atoms with Crippen molar-refractivity contribution in [2.24, 2.45) is 11.3 Å². The highest BCUT2D eigenvalue weighted by Gasteiger charge is 2.38. The zero-order chi connectivity index (χ0) is 13.9. The molecule has 1 aromatic rings. The second kappa shape index (κ2) is 5.16. The van der Waals surface area contributed by atoms with Gasteiger partial charge in [-0.15, -0.1) is 0 Å². The Hall–Kier alpha value is -1.91. The van der Waals surface area contributed by atoms with Crippen molar-refractivity contribution in [3.63, 3.8) is 0 Å². The lowest BCUT2D eigenvalue weighted by atomic mass is 9.74. The molecule has 1 rings (SSSR count). The standard InChI is InChI=1S/C13H17NO4/c1-9(2)13(3,12(15)16)8-10-6-4-5-7-11(10)14(17)18/h4-7,9H,8H2,1-3H3,(H,15,16). The number of benzene rings is 1. The molecule has 18 heavy (non-hydrogen) atoms. The lowest BCUT2D eigenvalue weighted by Crippen LogP contribution is -2.35. The Morgan fingerprint density at radius 1 is 1.44 bits per heavy atom. The fourth-order valence-corrected chi connectivity index (χ4v) is 1.76. The molecule has 0 aliphatic rings. The van der Waals surface area contributed by atoms with E-state index in [1.54, 1.807) is 25.1 Å². The van der Waals surface area contributed by atoms with E-state index >= 15 is 0 Å². The fourth-order valence-electron chi connectivity index (χ4n) is 1.76. The molecule has 1 atom stereocenters. The van der Waals surface area contributed by atoms with Crippen molar-refractivity contribution in [3.8, 4) is 0 Å². The van der Waals surface area contributed by atoms with Gasteiger partial charge in [0.25, 0.3) is 5.69 Å². The van der Waals surface area contributed by atoms with Gasteiger partial charge in [-0.3, -0.25) is 14.9 Å². The van der Waals surface area contributed by atoms with Gasteiger partial charge in [-0.1, -0.05) is 32.0 Å². The van der Waals surface area contributed by atoms with Gasteiger partial charge in [0.05, 0.1) is 10.3 Å². The molecule has 1 unspecified atom stereocenters. The molecule has 5 nitrogen and oxygen atoms in total. The first-order chi connectivity index (χ1) is 8.29. The highest BCUT2D eigenvalue weighted by atomic mass is 16.6. The molecule has 0 amide bonds. The number of carbonyl (C=O) groups is 1. The summed E-state index contributed by atoms with van der Waals surface area (Å²) in [7, 11) is 0. The first kappa shape index (κ1) is 14.2. The molecule has 0 radical (unpaired) electrons. The van der Waals surface area contributed by atoms with Crippen LogP contribution < -0.4 is 0 Å². The van der Waals surface area contributed by atoms with Gasteiger partial charge in [-0.25, -0.2) is 0 Å². The predicted octanol–water partition coefficient (Wildman–Crippen LogP) is 2.88. The fraction of sp³-hybridized carbons (Fsp3) is 0.462. The quantitative estimate of drug-likeness (QED) is 0.644. The molecule has 0 heterocycles. The zero-order valence-corrected chi connectivity index (χ0v) is 10.7. The van der Waals surface area contributed by atoms with E-state index in [4.69, 9.17) is 0 Å². The average molecular weight is 251 g/mol. The Labute approximate surface area is 106 Å². The summed E-state index contributed by atoms with van der Waals surface area (Å²) in [6.45, 7) is 5.24. The second-order valence-corrected chi connectivity index (χ2v) is 4.94. The van der Waals surface area contributed by atoms with Crippen molar-refractivity contribution >= 4 is 11.7 Å². The predicted molar refractivity (Wildman–Crippen MR) is 67.4 cm³/mol. The van der Waals surface area contributed by atoms with Gasteiger partial charge >= 0.3 is 5.97 Å². The van der Waals surface area contributed by atoms with Crippen LogP contribution in [0.4, 0.5) is 5.69 Å². The van der Waals surface area contributed by atoms with Gasteiger partial charge in [0, 0.05) is 11.6 Å². The minimum Gasteiger partial charge on any atom is -0.481 e. The van der Waals surface area contributed by atoms with Gasteiger partial charge in [-0.2, -0.15) is 0 Å². The van der Waals surface area contributed by atoms with Gasteiger partial charge in [0.15, 0.2) is 0 Å². The van der Waals surface area contributed by atoms with Crippen molar-refractivity contribution in [2.75, 3.05) is 0 Å². The lowest BCUT2D eigenvalue weighted by Gasteiger charge is -2.28. The Balaban J connectivity index is 3.17. The molecule has 0 aliphatic carbocycles. The van der Waals surface area contributed by atoms with E-state index < -0.39 is 16.3 Å². The zero-order valence-electron chi connectivity index (χ0n) is 10.7. The maximum Gasteiger partial charge on any atom is 0.309 e. The number of para-hydroxylation sites is 1. The number of nitro groups is 1. The van der Waals surface area contributed by atoms with Crippen LogP contribution in [-0.2, 0) is 11.2 Å². The minimum absolute atomic E-state index is 0.0226. The van der Waals surface area contributed by atoms with Crippen molar-refractivity contribution in [1.29, 1.82) is 0 Å². The number of hydrogen-bond donors (Lipinski definition) is 1. The van der Waals surface area contributed by atoms with E-state index in [9.17, 15) is 20.0 Å². The third-order valence-corrected chi connectivity index (χ3v) is 3.51. The summed E-state index contributed by atoms with van der Waals surface area (Å²) in [4.78, 5) is 21.8. The summed E-state index contributed by atoms with van der Waals surface area (Å²) in [6, 6.07) is 6.28. The molecule has 0 saturated carbocycles. The molecule has 98 valence electrons. The average Bonchev–Trinajstić information content (AvgIpc) is 2.28. The molecule has 0 aromatic heterocycles. The highest BCUT2D eigenvalue weighted by molar-refractivity contribution is 5.75. The van der Waals surface area contributed by atoms with Gasteiger partial charge in [0.1, 0.15) is 0 Å². The largest absolute Gasteiger partial charge is 0.481 e. The van der Waals surface area contributed by atoms with Crippen LogP contribution in [-0.4, -0.2) is 16.0 Å². The van der Waals surface area contributed by atoms with Crippen LogP contribution in [0.15, 0.2) is 24.3 Å². The van der Waals surface area contributed by atoms with E-state index in [1.165, 1.54) is 6.07 Å². The first-order valence-electron chi connectivity index (χ1n) is 5.74. The Morgan fingerprint density at radius 3 is 2.44 bits per heavy atom. The number of aliphatic carboxylic acids is 1. The third-order valence-electron chi connectivity index (χ3n) is 3.51. The number of nitrogens with zero attached hydrogens (tertiary/aromatic N) is 1.